The molecule has 1 aliphatic rings. The van der Waals surface area contributed by atoms with Gasteiger partial charge >= 0.3 is 0 Å². The Hall–Kier alpha value is -4.44. The van der Waals surface area contributed by atoms with Crippen LogP contribution in [-0.2, 0) is 4.79 Å². The third-order valence-electron chi connectivity index (χ3n) is 6.25. The summed E-state index contributed by atoms with van der Waals surface area (Å²) in [5.74, 6) is 8.64. The van der Waals surface area contributed by atoms with Crippen molar-refractivity contribution in [1.29, 1.82) is 0 Å². The van der Waals surface area contributed by atoms with Crippen molar-refractivity contribution in [3.63, 3.8) is 0 Å². The van der Waals surface area contributed by atoms with E-state index < -0.39 is 5.54 Å². The number of aryl methyl sites for hydroxylation is 2. The van der Waals surface area contributed by atoms with Crippen LogP contribution in [0.5, 0.6) is 11.5 Å². The van der Waals surface area contributed by atoms with Crippen LogP contribution in [0, 0.1) is 25.7 Å². The summed E-state index contributed by atoms with van der Waals surface area (Å²) in [5, 5.41) is 7.29. The van der Waals surface area contributed by atoms with E-state index in [0.717, 1.165) is 58.4 Å². The quantitative estimate of drug-likeness (QED) is 0.365. The van der Waals surface area contributed by atoms with Gasteiger partial charge in [-0.1, -0.05) is 11.8 Å². The highest BCUT2D eigenvalue weighted by Gasteiger charge is 2.35. The number of amides is 1. The number of benzene rings is 2. The van der Waals surface area contributed by atoms with Crippen LogP contribution < -0.4 is 15.4 Å². The summed E-state index contributed by atoms with van der Waals surface area (Å²) < 4.78 is 5.99. The lowest BCUT2D eigenvalue weighted by Crippen LogP contribution is -2.51. The average molecular weight is 478 g/mol. The number of rotatable bonds is 5. The second kappa shape index (κ2) is 9.67. The number of hydrogen-bond acceptors (Lipinski definition) is 6. The largest absolute Gasteiger partial charge is 0.455 e. The minimum atomic E-state index is -0.412. The van der Waals surface area contributed by atoms with Crippen molar-refractivity contribution in [2.75, 3.05) is 5.32 Å². The first-order valence-electron chi connectivity index (χ1n) is 11.9. The third kappa shape index (κ3) is 5.13. The van der Waals surface area contributed by atoms with Crippen LogP contribution in [0.4, 0.5) is 11.5 Å². The summed E-state index contributed by atoms with van der Waals surface area (Å²) in [7, 11) is 0. The summed E-state index contributed by atoms with van der Waals surface area (Å²) in [5.41, 5.74) is 4.07. The molecule has 2 heterocycles. The summed E-state index contributed by atoms with van der Waals surface area (Å²) in [4.78, 5) is 24.8. The highest BCUT2D eigenvalue weighted by Crippen LogP contribution is 2.32. The first-order valence-corrected chi connectivity index (χ1v) is 11.9. The third-order valence-corrected chi connectivity index (χ3v) is 6.25. The zero-order chi connectivity index (χ0) is 25.1. The molecule has 7 heteroatoms. The van der Waals surface area contributed by atoms with Crippen LogP contribution in [0.15, 0.2) is 61.1 Å². The number of ether oxygens (including phenoxy) is 1. The number of pyridine rings is 1. The average Bonchev–Trinajstić information content (AvgIpc) is 2.84. The first kappa shape index (κ1) is 23.3. The van der Waals surface area contributed by atoms with Gasteiger partial charge in [0.25, 0.3) is 0 Å². The fraction of sp³-hybridized carbons (Fsp3) is 0.241. The molecule has 2 aromatic carbocycles. The molecule has 2 N–H and O–H groups in total. The Labute approximate surface area is 210 Å². The van der Waals surface area contributed by atoms with Gasteiger partial charge in [-0.05, 0) is 87.2 Å². The number of nitrogens with one attached hydrogen (secondary N) is 2. The highest BCUT2D eigenvalue weighted by atomic mass is 16.5. The molecule has 4 aromatic rings. The number of hydrogen-bond donors (Lipinski definition) is 2. The molecule has 0 aliphatic heterocycles. The van der Waals surface area contributed by atoms with Gasteiger partial charge in [0.1, 0.15) is 29.2 Å². The Balaban J connectivity index is 1.38. The Bertz CT molecular complexity index is 1500. The monoisotopic (exact) mass is 477 g/mol. The smallest absolute Gasteiger partial charge is 0.218 e. The number of carbonyl (C=O) groups is 1. The number of aromatic nitrogens is 3. The van der Waals surface area contributed by atoms with Gasteiger partial charge in [-0.3, -0.25) is 9.78 Å². The Morgan fingerprint density at radius 2 is 1.89 bits per heavy atom. The second-order valence-electron chi connectivity index (χ2n) is 9.16. The molecular weight excluding hydrogens is 450 g/mol. The van der Waals surface area contributed by atoms with Gasteiger partial charge < -0.3 is 15.4 Å². The van der Waals surface area contributed by atoms with Gasteiger partial charge in [0.05, 0.1) is 11.7 Å². The molecule has 5 rings (SSSR count). The second-order valence-corrected chi connectivity index (χ2v) is 9.16. The minimum absolute atomic E-state index is 0.0513. The zero-order valence-electron chi connectivity index (χ0n) is 20.6. The topological polar surface area (TPSA) is 89.0 Å². The summed E-state index contributed by atoms with van der Waals surface area (Å²) in [6.07, 6.45) is 6.09. The van der Waals surface area contributed by atoms with Gasteiger partial charge in [0, 0.05) is 29.3 Å². The molecule has 0 bridgehead atoms. The summed E-state index contributed by atoms with van der Waals surface area (Å²) in [6, 6.07) is 15.6. The molecule has 0 spiro atoms. The molecule has 36 heavy (non-hydrogen) atoms. The van der Waals surface area contributed by atoms with Gasteiger partial charge in [0.15, 0.2) is 0 Å². The molecule has 1 saturated carbocycles. The number of carbonyl (C=O) groups excluding carboxylic acids is 1. The van der Waals surface area contributed by atoms with Crippen LogP contribution in [-0.4, -0.2) is 26.4 Å². The predicted molar refractivity (Wildman–Crippen MR) is 140 cm³/mol. The molecule has 1 fully saturated rings. The van der Waals surface area contributed by atoms with Crippen molar-refractivity contribution in [1.82, 2.24) is 20.3 Å². The molecule has 1 amide bonds. The Kier molecular flexibility index (Phi) is 6.26. The number of nitrogens with zero attached hydrogens (tertiary/aromatic N) is 3. The molecular formula is C29H27N5O2. The van der Waals surface area contributed by atoms with Crippen LogP contribution in [0.3, 0.4) is 0 Å². The molecule has 0 radical (unpaired) electrons. The maximum Gasteiger partial charge on any atom is 0.218 e. The molecule has 2 aromatic heterocycles. The van der Waals surface area contributed by atoms with E-state index in [1.165, 1.54) is 6.92 Å². The number of fused-ring (bicyclic) bond motifs is 1. The lowest BCUT2D eigenvalue weighted by atomic mass is 9.77. The summed E-state index contributed by atoms with van der Waals surface area (Å²) >= 11 is 0. The Morgan fingerprint density at radius 3 is 2.58 bits per heavy atom. The molecule has 0 saturated heterocycles. The van der Waals surface area contributed by atoms with Crippen LogP contribution in [0.1, 0.15) is 43.0 Å². The fourth-order valence-electron chi connectivity index (χ4n) is 4.19. The molecule has 0 unspecified atom stereocenters. The SMILES string of the molecule is CC(=O)NC1(C#Cc2ccc3ncnc(Nc4ccc(Oc5ccc(C)nc5)c(C)c4)c3c2)CCC1. The normalized spacial score (nSPS) is 13.8. The van der Waals surface area contributed by atoms with E-state index in [1.54, 1.807) is 12.5 Å². The van der Waals surface area contributed by atoms with Gasteiger partial charge in [-0.15, -0.1) is 0 Å². The zero-order valence-corrected chi connectivity index (χ0v) is 20.6. The standard InChI is InChI=1S/C29H27N5O2/c1-19-15-23(7-10-27(19)36-24-8-5-20(2)30-17-24)33-28-25-16-22(6-9-26(25)31-18-32-28)11-14-29(12-4-13-29)34-21(3)35/h5-10,15-18H,4,12-13H2,1-3H3,(H,34,35)(H,31,32,33). The fourth-order valence-corrected chi connectivity index (χ4v) is 4.19. The maximum absolute atomic E-state index is 11.6. The van der Waals surface area contributed by atoms with E-state index in [4.69, 9.17) is 4.74 Å². The van der Waals surface area contributed by atoms with Crippen molar-refractivity contribution >= 4 is 28.3 Å². The summed E-state index contributed by atoms with van der Waals surface area (Å²) in [6.45, 7) is 5.48. The van der Waals surface area contributed by atoms with E-state index in [-0.39, 0.29) is 5.91 Å². The van der Waals surface area contributed by atoms with Crippen LogP contribution in [0.25, 0.3) is 10.9 Å². The molecule has 180 valence electrons. The van der Waals surface area contributed by atoms with Crippen molar-refractivity contribution in [2.45, 2.75) is 45.6 Å². The minimum Gasteiger partial charge on any atom is -0.455 e. The van der Waals surface area contributed by atoms with E-state index in [1.807, 2.05) is 62.4 Å². The van der Waals surface area contributed by atoms with Gasteiger partial charge in [-0.25, -0.2) is 9.97 Å². The van der Waals surface area contributed by atoms with Crippen molar-refractivity contribution in [2.24, 2.45) is 0 Å². The van der Waals surface area contributed by atoms with Crippen LogP contribution >= 0.6 is 0 Å². The van der Waals surface area contributed by atoms with E-state index in [2.05, 4.69) is 37.4 Å². The molecule has 7 nitrogen and oxygen atoms in total. The highest BCUT2D eigenvalue weighted by molar-refractivity contribution is 5.91. The predicted octanol–water partition coefficient (Wildman–Crippen LogP) is 5.59. The van der Waals surface area contributed by atoms with Crippen molar-refractivity contribution in [3.05, 3.63) is 77.9 Å². The lowest BCUT2D eigenvalue weighted by molar-refractivity contribution is -0.121. The molecule has 1 aliphatic carbocycles. The van der Waals surface area contributed by atoms with Gasteiger partial charge in [0.2, 0.25) is 5.91 Å². The molecule has 0 atom stereocenters. The van der Waals surface area contributed by atoms with E-state index in [0.29, 0.717) is 11.6 Å². The van der Waals surface area contributed by atoms with Crippen molar-refractivity contribution < 1.29 is 9.53 Å². The Morgan fingerprint density at radius 1 is 1.03 bits per heavy atom. The van der Waals surface area contributed by atoms with E-state index in [9.17, 15) is 4.79 Å². The lowest BCUT2D eigenvalue weighted by Gasteiger charge is -2.37. The first-order chi connectivity index (χ1) is 17.4. The maximum atomic E-state index is 11.6. The number of anilines is 2. The van der Waals surface area contributed by atoms with E-state index >= 15 is 0 Å². The van der Waals surface area contributed by atoms with Gasteiger partial charge in [-0.2, -0.15) is 0 Å². The van der Waals surface area contributed by atoms with Crippen LogP contribution in [0.2, 0.25) is 0 Å². The van der Waals surface area contributed by atoms with Crippen molar-refractivity contribution in [3.8, 4) is 23.3 Å².